The molecule has 1 aromatic carbocycles. The highest BCUT2D eigenvalue weighted by atomic mass is 16.3. The molecule has 25 heavy (non-hydrogen) atoms. The van der Waals surface area contributed by atoms with Gasteiger partial charge in [0, 0.05) is 17.8 Å². The molecule has 0 radical (unpaired) electrons. The molecular weight excluding hydrogens is 310 g/mol. The predicted molar refractivity (Wildman–Crippen MR) is 107 cm³/mol. The van der Waals surface area contributed by atoms with Crippen LogP contribution in [0.2, 0.25) is 0 Å². The molecule has 2 N–H and O–H groups in total. The maximum atomic E-state index is 11.3. The molecule has 0 amide bonds. The number of hydrogen-bond acceptors (Lipinski definition) is 3. The monoisotopic (exact) mass is 347 g/mol. The zero-order chi connectivity index (χ0) is 18.2. The SMILES string of the molecule is CCCCCCCCCCCCCCNc1ccc(C(=O)CO)cc1. The Bertz CT molecular complexity index is 442. The topological polar surface area (TPSA) is 49.3 Å². The van der Waals surface area contributed by atoms with Gasteiger partial charge in [0.1, 0.15) is 6.61 Å². The highest BCUT2D eigenvalue weighted by Gasteiger charge is 2.02. The molecule has 0 heterocycles. The molecule has 0 saturated heterocycles. The summed E-state index contributed by atoms with van der Waals surface area (Å²) in [6, 6.07) is 7.35. The second kappa shape index (κ2) is 14.9. The van der Waals surface area contributed by atoms with Gasteiger partial charge in [0.25, 0.3) is 0 Å². The number of nitrogens with one attached hydrogen (secondary N) is 1. The predicted octanol–water partition coefficient (Wildman–Crippen LogP) is 5.97. The number of Topliss-reactive ketones (excluding diaryl/α,β-unsaturated/α-hetero) is 1. The lowest BCUT2D eigenvalue weighted by molar-refractivity contribution is 0.0904. The van der Waals surface area contributed by atoms with Crippen molar-refractivity contribution in [3.63, 3.8) is 0 Å². The van der Waals surface area contributed by atoms with Crippen LogP contribution >= 0.6 is 0 Å². The van der Waals surface area contributed by atoms with Gasteiger partial charge >= 0.3 is 0 Å². The van der Waals surface area contributed by atoms with Crippen LogP contribution in [0.25, 0.3) is 0 Å². The van der Waals surface area contributed by atoms with Crippen molar-refractivity contribution in [1.82, 2.24) is 0 Å². The number of anilines is 1. The first-order chi connectivity index (χ1) is 12.3. The molecular formula is C22H37NO2. The van der Waals surface area contributed by atoms with Crippen LogP contribution in [0.4, 0.5) is 5.69 Å². The fourth-order valence-electron chi connectivity index (χ4n) is 3.06. The van der Waals surface area contributed by atoms with Gasteiger partial charge in [0.15, 0.2) is 5.78 Å². The Kier molecular flexibility index (Phi) is 13.0. The van der Waals surface area contributed by atoms with Gasteiger partial charge in [-0.2, -0.15) is 0 Å². The van der Waals surface area contributed by atoms with Crippen LogP contribution in [0.5, 0.6) is 0 Å². The zero-order valence-corrected chi connectivity index (χ0v) is 16.1. The standard InChI is InChI=1S/C22H37NO2/c1-2-3-4-5-6-7-8-9-10-11-12-13-18-23-21-16-14-20(15-17-21)22(25)19-24/h14-17,23-24H,2-13,18-19H2,1H3. The minimum absolute atomic E-state index is 0.229. The van der Waals surface area contributed by atoms with Gasteiger partial charge in [-0.25, -0.2) is 0 Å². The quantitative estimate of drug-likeness (QED) is 0.286. The van der Waals surface area contributed by atoms with Crippen LogP contribution in [0.3, 0.4) is 0 Å². The highest BCUT2D eigenvalue weighted by Crippen LogP contribution is 2.13. The number of benzene rings is 1. The summed E-state index contributed by atoms with van der Waals surface area (Å²) in [6.07, 6.45) is 16.4. The Labute approximate surface area is 154 Å². The Hall–Kier alpha value is -1.35. The van der Waals surface area contributed by atoms with Gasteiger partial charge in [0.05, 0.1) is 0 Å². The molecule has 1 rings (SSSR count). The third-order valence-corrected chi connectivity index (χ3v) is 4.71. The number of rotatable bonds is 16. The second-order valence-electron chi connectivity index (χ2n) is 6.97. The van der Waals surface area contributed by atoms with Crippen molar-refractivity contribution in [1.29, 1.82) is 0 Å². The van der Waals surface area contributed by atoms with Crippen molar-refractivity contribution in [2.75, 3.05) is 18.5 Å². The molecule has 0 spiro atoms. The van der Waals surface area contributed by atoms with Crippen LogP contribution in [0, 0.1) is 0 Å². The molecule has 0 unspecified atom stereocenters. The Morgan fingerprint density at radius 3 is 1.76 bits per heavy atom. The van der Waals surface area contributed by atoms with Crippen molar-refractivity contribution < 1.29 is 9.90 Å². The molecule has 1 aromatic rings. The van der Waals surface area contributed by atoms with Crippen LogP contribution in [0.15, 0.2) is 24.3 Å². The summed E-state index contributed by atoms with van der Waals surface area (Å²) in [6.45, 7) is 2.82. The molecule has 0 aliphatic heterocycles. The van der Waals surface area contributed by atoms with E-state index in [9.17, 15) is 4.79 Å². The fourth-order valence-corrected chi connectivity index (χ4v) is 3.06. The van der Waals surface area contributed by atoms with E-state index in [1.165, 1.54) is 77.0 Å². The smallest absolute Gasteiger partial charge is 0.188 e. The molecule has 0 aliphatic carbocycles. The lowest BCUT2D eigenvalue weighted by atomic mass is 10.1. The van der Waals surface area contributed by atoms with Gasteiger partial charge < -0.3 is 10.4 Å². The van der Waals surface area contributed by atoms with E-state index in [4.69, 9.17) is 5.11 Å². The van der Waals surface area contributed by atoms with Crippen molar-refractivity contribution in [3.8, 4) is 0 Å². The van der Waals surface area contributed by atoms with Gasteiger partial charge in [0.2, 0.25) is 0 Å². The van der Waals surface area contributed by atoms with E-state index in [1.807, 2.05) is 12.1 Å². The third kappa shape index (κ3) is 11.0. The van der Waals surface area contributed by atoms with E-state index in [2.05, 4.69) is 12.2 Å². The number of carbonyl (C=O) groups is 1. The van der Waals surface area contributed by atoms with E-state index in [1.54, 1.807) is 12.1 Å². The molecule has 142 valence electrons. The van der Waals surface area contributed by atoms with Gasteiger partial charge in [-0.1, -0.05) is 77.6 Å². The highest BCUT2D eigenvalue weighted by molar-refractivity contribution is 5.97. The normalized spacial score (nSPS) is 10.8. The first kappa shape index (κ1) is 21.7. The van der Waals surface area contributed by atoms with Crippen LogP contribution < -0.4 is 5.32 Å². The largest absolute Gasteiger partial charge is 0.388 e. The van der Waals surface area contributed by atoms with E-state index < -0.39 is 6.61 Å². The minimum atomic E-state index is -0.425. The summed E-state index contributed by atoms with van der Waals surface area (Å²) < 4.78 is 0. The van der Waals surface area contributed by atoms with Crippen LogP contribution in [-0.2, 0) is 0 Å². The average molecular weight is 348 g/mol. The van der Waals surface area contributed by atoms with Crippen molar-refractivity contribution in [2.45, 2.75) is 84.0 Å². The van der Waals surface area contributed by atoms with Gasteiger partial charge in [-0.15, -0.1) is 0 Å². The number of hydrogen-bond donors (Lipinski definition) is 2. The summed E-state index contributed by atoms with van der Waals surface area (Å²) in [5.41, 5.74) is 1.61. The number of ketones is 1. The first-order valence-corrected chi connectivity index (χ1v) is 10.3. The van der Waals surface area contributed by atoms with Crippen LogP contribution in [-0.4, -0.2) is 24.0 Å². The van der Waals surface area contributed by atoms with Crippen LogP contribution in [0.1, 0.15) is 94.3 Å². The molecule has 0 aliphatic rings. The summed E-state index contributed by atoms with van der Waals surface area (Å²) in [5, 5.41) is 12.2. The van der Waals surface area contributed by atoms with E-state index in [-0.39, 0.29) is 5.78 Å². The summed E-state index contributed by atoms with van der Waals surface area (Å²) in [7, 11) is 0. The fraction of sp³-hybridized carbons (Fsp3) is 0.682. The van der Waals surface area contributed by atoms with Crippen molar-refractivity contribution >= 4 is 11.5 Å². The molecule has 0 saturated carbocycles. The zero-order valence-electron chi connectivity index (χ0n) is 16.1. The van der Waals surface area contributed by atoms with Crippen molar-refractivity contribution in [2.24, 2.45) is 0 Å². The van der Waals surface area contributed by atoms with E-state index >= 15 is 0 Å². The first-order valence-electron chi connectivity index (χ1n) is 10.3. The number of aliphatic hydroxyl groups excluding tert-OH is 1. The number of carbonyl (C=O) groups excluding carboxylic acids is 1. The van der Waals surface area contributed by atoms with Gasteiger partial charge in [-0.05, 0) is 30.7 Å². The second-order valence-corrected chi connectivity index (χ2v) is 6.97. The summed E-state index contributed by atoms with van der Waals surface area (Å²) >= 11 is 0. The Morgan fingerprint density at radius 1 is 0.800 bits per heavy atom. The molecule has 0 bridgehead atoms. The summed E-state index contributed by atoms with van der Waals surface area (Å²) in [5.74, 6) is -0.229. The number of aliphatic hydroxyl groups is 1. The molecule has 3 nitrogen and oxygen atoms in total. The maximum Gasteiger partial charge on any atom is 0.188 e. The maximum absolute atomic E-state index is 11.3. The van der Waals surface area contributed by atoms with Crippen molar-refractivity contribution in [3.05, 3.63) is 29.8 Å². The Balaban J connectivity index is 1.91. The summed E-state index contributed by atoms with van der Waals surface area (Å²) in [4.78, 5) is 11.3. The lowest BCUT2D eigenvalue weighted by Crippen LogP contribution is -2.05. The minimum Gasteiger partial charge on any atom is -0.388 e. The molecule has 0 atom stereocenters. The van der Waals surface area contributed by atoms with E-state index in [0.717, 1.165) is 12.2 Å². The molecule has 3 heteroatoms. The van der Waals surface area contributed by atoms with Gasteiger partial charge in [-0.3, -0.25) is 4.79 Å². The average Bonchev–Trinajstić information content (AvgIpc) is 2.65. The number of unbranched alkanes of at least 4 members (excludes halogenated alkanes) is 11. The molecule has 0 fully saturated rings. The molecule has 0 aromatic heterocycles. The Morgan fingerprint density at radius 2 is 1.28 bits per heavy atom. The lowest BCUT2D eigenvalue weighted by Gasteiger charge is -2.07. The van der Waals surface area contributed by atoms with E-state index in [0.29, 0.717) is 5.56 Å². The third-order valence-electron chi connectivity index (χ3n) is 4.71.